The summed E-state index contributed by atoms with van der Waals surface area (Å²) in [6.07, 6.45) is -8.91. The quantitative estimate of drug-likeness (QED) is 0.277. The number of esters is 8. The van der Waals surface area contributed by atoms with Gasteiger partial charge in [0.1, 0.15) is 42.0 Å². The summed E-state index contributed by atoms with van der Waals surface area (Å²) in [5.74, 6) is -13.0. The van der Waals surface area contributed by atoms with E-state index in [2.05, 4.69) is 4.98 Å². The zero-order valence-electron chi connectivity index (χ0n) is 38.3. The summed E-state index contributed by atoms with van der Waals surface area (Å²) in [6, 6.07) is 3.67. The average Bonchev–Trinajstić information content (AvgIpc) is 3.45. The van der Waals surface area contributed by atoms with Crippen LogP contribution in [0.2, 0.25) is 0 Å². The van der Waals surface area contributed by atoms with Crippen molar-refractivity contribution in [2.24, 2.45) is 30.2 Å². The number of pyridine rings is 2. The highest BCUT2D eigenvalue weighted by Crippen LogP contribution is 2.70. The predicted molar refractivity (Wildman–Crippen MR) is 220 cm³/mol. The minimum Gasteiger partial charge on any atom is -0.465 e. The molecule has 2 unspecified atom stereocenters. The average molecular weight is 927 g/mol. The van der Waals surface area contributed by atoms with Crippen LogP contribution in [0.3, 0.4) is 0 Å². The van der Waals surface area contributed by atoms with Gasteiger partial charge in [-0.3, -0.25) is 38.5 Å². The topological polar surface area (TPSA) is 275 Å². The molecule has 3 fully saturated rings. The Morgan fingerprint density at radius 1 is 0.833 bits per heavy atom. The molecule has 2 aromatic heterocycles. The first-order chi connectivity index (χ1) is 30.7. The Morgan fingerprint density at radius 2 is 1.44 bits per heavy atom. The van der Waals surface area contributed by atoms with Crippen LogP contribution in [-0.2, 0) is 78.4 Å². The van der Waals surface area contributed by atoms with E-state index in [-0.39, 0.29) is 16.7 Å². The molecule has 0 radical (unpaired) electrons. The Kier molecular flexibility index (Phi) is 13.3. The molecule has 2 aliphatic carbocycles. The predicted octanol–water partition coefficient (Wildman–Crippen LogP) is 1.66. The molecule has 21 heteroatoms. The van der Waals surface area contributed by atoms with Gasteiger partial charge in [-0.15, -0.1) is 0 Å². The molecule has 4 aliphatic rings. The lowest BCUT2D eigenvalue weighted by Gasteiger charge is -2.67. The number of rotatable bonds is 9. The minimum absolute atomic E-state index is 0.0723. The van der Waals surface area contributed by atoms with Gasteiger partial charge in [0.25, 0.3) is 0 Å². The van der Waals surface area contributed by atoms with Crippen LogP contribution in [0.25, 0.3) is 0 Å². The Morgan fingerprint density at radius 3 is 2.02 bits per heavy atom. The highest BCUT2D eigenvalue weighted by atomic mass is 16.7. The van der Waals surface area contributed by atoms with Crippen molar-refractivity contribution in [1.82, 2.24) is 9.55 Å². The minimum atomic E-state index is -2.94. The summed E-state index contributed by atoms with van der Waals surface area (Å²) in [7, 11) is 1.35. The number of ether oxygens (including phenoxy) is 9. The molecule has 66 heavy (non-hydrogen) atoms. The molecule has 6 rings (SSSR count). The summed E-state index contributed by atoms with van der Waals surface area (Å²) in [4.78, 5) is 128. The first kappa shape index (κ1) is 49.2. The third-order valence-electron chi connectivity index (χ3n) is 13.2. The van der Waals surface area contributed by atoms with Gasteiger partial charge in [0.15, 0.2) is 30.0 Å². The number of hydrogen-bond acceptors (Lipinski definition) is 20. The highest BCUT2D eigenvalue weighted by Gasteiger charge is 2.92. The molecule has 0 amide bonds. The summed E-state index contributed by atoms with van der Waals surface area (Å²) >= 11 is 0. The molecular formula is C45H54N2O19. The second-order valence-electron chi connectivity index (χ2n) is 18.0. The van der Waals surface area contributed by atoms with Crippen LogP contribution in [0.15, 0.2) is 41.6 Å². The van der Waals surface area contributed by atoms with E-state index in [4.69, 9.17) is 42.6 Å². The molecular weight excluding hydrogens is 872 g/mol. The van der Waals surface area contributed by atoms with E-state index < -0.39 is 149 Å². The van der Waals surface area contributed by atoms with Gasteiger partial charge >= 0.3 is 47.8 Å². The van der Waals surface area contributed by atoms with Gasteiger partial charge in [-0.1, -0.05) is 27.7 Å². The smallest absolute Gasteiger partial charge is 0.340 e. The molecule has 1 spiro atoms. The first-order valence-electron chi connectivity index (χ1n) is 21.2. The second kappa shape index (κ2) is 17.9. The van der Waals surface area contributed by atoms with Crippen molar-refractivity contribution < 1.29 is 86.1 Å². The summed E-state index contributed by atoms with van der Waals surface area (Å²) < 4.78 is 57.0. The number of hydrogen-bond donors (Lipinski definition) is 1. The molecule has 2 aromatic rings. The van der Waals surface area contributed by atoms with Crippen molar-refractivity contribution in [3.05, 3.63) is 63.8 Å². The molecule has 4 bridgehead atoms. The lowest BCUT2D eigenvalue weighted by Crippen LogP contribution is -2.89. The molecule has 4 heterocycles. The summed E-state index contributed by atoms with van der Waals surface area (Å²) in [6.45, 7) is 10.5. The van der Waals surface area contributed by atoms with Crippen molar-refractivity contribution in [1.29, 1.82) is 0 Å². The maximum atomic E-state index is 14.7. The van der Waals surface area contributed by atoms with E-state index in [1.54, 1.807) is 6.92 Å². The van der Waals surface area contributed by atoms with Gasteiger partial charge in [-0.25, -0.2) is 9.59 Å². The van der Waals surface area contributed by atoms with E-state index in [0.717, 1.165) is 57.5 Å². The molecule has 358 valence electrons. The third-order valence-corrected chi connectivity index (χ3v) is 13.2. The van der Waals surface area contributed by atoms with Crippen LogP contribution in [0.5, 0.6) is 0 Å². The van der Waals surface area contributed by atoms with Gasteiger partial charge in [-0.2, -0.15) is 0 Å². The fourth-order valence-corrected chi connectivity index (χ4v) is 10.1. The fourth-order valence-electron chi connectivity index (χ4n) is 10.1. The van der Waals surface area contributed by atoms with Crippen LogP contribution in [0.1, 0.15) is 101 Å². The molecule has 13 atom stereocenters. The van der Waals surface area contributed by atoms with E-state index in [1.807, 2.05) is 0 Å². The van der Waals surface area contributed by atoms with E-state index in [9.17, 15) is 48.3 Å². The van der Waals surface area contributed by atoms with Crippen LogP contribution in [-0.4, -0.2) is 129 Å². The molecule has 0 aromatic carbocycles. The summed E-state index contributed by atoms with van der Waals surface area (Å²) in [5.41, 5.74) is -11.2. The number of cyclic esters (lactones) is 1. The molecule has 1 N–H and O–H groups in total. The number of carbonyl (C=O) groups excluding carboxylic acids is 8. The monoisotopic (exact) mass is 926 g/mol. The van der Waals surface area contributed by atoms with Gasteiger partial charge in [0.2, 0.25) is 5.56 Å². The Bertz CT molecular complexity index is 2390. The van der Waals surface area contributed by atoms with Crippen molar-refractivity contribution in [2.45, 2.75) is 129 Å². The van der Waals surface area contributed by atoms with Gasteiger partial charge < -0.3 is 52.3 Å². The van der Waals surface area contributed by atoms with Crippen LogP contribution < -0.4 is 5.56 Å². The number of fused-ring (bicyclic) bond motifs is 5. The van der Waals surface area contributed by atoms with Crippen molar-refractivity contribution in [2.75, 3.05) is 13.2 Å². The lowest BCUT2D eigenvalue weighted by atomic mass is 9.45. The van der Waals surface area contributed by atoms with Crippen LogP contribution in [0, 0.1) is 23.2 Å². The Balaban J connectivity index is 1.81. The number of aliphatic hydroxyl groups is 1. The van der Waals surface area contributed by atoms with Gasteiger partial charge in [0, 0.05) is 59.4 Å². The maximum absolute atomic E-state index is 14.7. The van der Waals surface area contributed by atoms with Crippen molar-refractivity contribution >= 4 is 47.8 Å². The largest absolute Gasteiger partial charge is 0.465 e. The first-order valence-corrected chi connectivity index (χ1v) is 21.2. The highest BCUT2D eigenvalue weighted by molar-refractivity contribution is 5.91. The zero-order chi connectivity index (χ0) is 49.0. The van der Waals surface area contributed by atoms with E-state index in [1.165, 1.54) is 53.2 Å². The summed E-state index contributed by atoms with van der Waals surface area (Å²) in [5, 5.41) is 13.8. The molecule has 2 aliphatic heterocycles. The molecule has 21 nitrogen and oxygen atoms in total. The number of nitrogens with zero attached hydrogens (tertiary/aromatic N) is 2. The van der Waals surface area contributed by atoms with Crippen molar-refractivity contribution in [3.8, 4) is 0 Å². The zero-order valence-corrected chi connectivity index (χ0v) is 38.3. The molecule has 1 saturated heterocycles. The Hall–Kier alpha value is -6.22. The number of aryl methyl sites for hydroxylation is 1. The van der Waals surface area contributed by atoms with Crippen LogP contribution >= 0.6 is 0 Å². The van der Waals surface area contributed by atoms with Crippen molar-refractivity contribution in [3.63, 3.8) is 0 Å². The van der Waals surface area contributed by atoms with Gasteiger partial charge in [0.05, 0.1) is 28.9 Å². The maximum Gasteiger partial charge on any atom is 0.340 e. The fraction of sp³-hybridized carbons (Fsp3) is 0.600. The second-order valence-corrected chi connectivity index (χ2v) is 18.0. The third kappa shape index (κ3) is 8.09. The van der Waals surface area contributed by atoms with E-state index in [0.29, 0.717) is 0 Å². The lowest BCUT2D eigenvalue weighted by molar-refractivity contribution is -0.386. The molecule has 2 saturated carbocycles. The SMILES string of the molecule is CC(=O)OC[C@]12[C@H](OC(C)=O)[C@H](OC(=O)C(C)C)[C@@H]3[C@@H](OC(C)=O)[C@@]14O[C@@]3(C)COC(=O)c1cnccc1C(C)C(C)C(=O)O[C@@H]([C@H](OC(=O)c1ccc(=O)n(C)c1)[C@@H]2OC(C)=O)[C@]4(C)O. The number of carbonyl (C=O) groups is 8. The number of aromatic nitrogens is 2. The Labute approximate surface area is 378 Å². The standard InChI is InChI=1S/C45H54N2O19/c1-20(2)38(53)63-32-31-34(60-24(6)49)45-43(10,57)35(65-39(54)22(4)21(3)28-14-15-46-16-29(28)41(56)59-18-42(31,9)66-45)33(64-40(55)27-12-13-30(52)47(11)17-27)37(62-26(8)51)44(45,19-58-23(5)48)36(32)61-25(7)50/h12-17,20-22,31-37,57H,18-19H2,1-11H3/t21?,22?,31-,32-,33+,34-,35+,36-,37+,42+,43+,44-,45+/m1/s1. The normalized spacial score (nSPS) is 34.7. The van der Waals surface area contributed by atoms with E-state index >= 15 is 0 Å². The van der Waals surface area contributed by atoms with Crippen LogP contribution in [0.4, 0.5) is 0 Å². The van der Waals surface area contributed by atoms with Gasteiger partial charge in [-0.05, 0) is 37.5 Å².